The molecule has 0 N–H and O–H groups in total. The maximum atomic E-state index is 8.99. The lowest BCUT2D eigenvalue weighted by Crippen LogP contribution is -2.19. The van der Waals surface area contributed by atoms with Crippen LogP contribution in [0.2, 0.25) is 0 Å². The number of nitriles is 1. The third-order valence-corrected chi connectivity index (χ3v) is 3.33. The third-order valence-electron chi connectivity index (χ3n) is 2.41. The van der Waals surface area contributed by atoms with E-state index in [-0.39, 0.29) is 0 Å². The highest BCUT2D eigenvalue weighted by molar-refractivity contribution is 7.09. The average Bonchev–Trinajstić information content (AvgIpc) is 2.75. The molecule has 17 heavy (non-hydrogen) atoms. The van der Waals surface area contributed by atoms with Crippen molar-refractivity contribution in [2.45, 2.75) is 13.5 Å². The molecule has 0 saturated heterocycles. The van der Waals surface area contributed by atoms with Crippen molar-refractivity contribution in [1.82, 2.24) is 15.2 Å². The van der Waals surface area contributed by atoms with Crippen LogP contribution in [0.4, 0.5) is 5.82 Å². The molecule has 6 heteroatoms. The van der Waals surface area contributed by atoms with Crippen molar-refractivity contribution in [1.29, 1.82) is 5.26 Å². The van der Waals surface area contributed by atoms with Gasteiger partial charge in [0.15, 0.2) is 5.82 Å². The van der Waals surface area contributed by atoms with Gasteiger partial charge >= 0.3 is 0 Å². The van der Waals surface area contributed by atoms with Gasteiger partial charge in [-0.3, -0.25) is 0 Å². The Morgan fingerprint density at radius 1 is 1.53 bits per heavy atom. The van der Waals surface area contributed by atoms with Gasteiger partial charge in [-0.05, 0) is 13.0 Å². The molecule has 0 bridgehead atoms. The first kappa shape index (κ1) is 11.5. The second-order valence-electron chi connectivity index (χ2n) is 3.60. The fourth-order valence-corrected chi connectivity index (χ4v) is 2.29. The summed E-state index contributed by atoms with van der Waals surface area (Å²) in [5.41, 5.74) is 3.37. The summed E-state index contributed by atoms with van der Waals surface area (Å²) in [6.45, 7) is 2.66. The van der Waals surface area contributed by atoms with E-state index >= 15 is 0 Å². The number of aromatic nitrogens is 3. The van der Waals surface area contributed by atoms with E-state index in [0.717, 1.165) is 5.69 Å². The molecule has 0 amide bonds. The molecule has 86 valence electrons. The van der Waals surface area contributed by atoms with Gasteiger partial charge in [-0.1, -0.05) is 0 Å². The van der Waals surface area contributed by atoms with Gasteiger partial charge in [0.1, 0.15) is 6.07 Å². The van der Waals surface area contributed by atoms with Gasteiger partial charge in [0.25, 0.3) is 0 Å². The number of anilines is 1. The average molecular weight is 245 g/mol. The number of thiazole rings is 1. The zero-order chi connectivity index (χ0) is 12.3. The molecule has 0 atom stereocenters. The Balaban J connectivity index is 2.24. The molecule has 2 aromatic rings. The Morgan fingerprint density at radius 3 is 3.00 bits per heavy atom. The number of rotatable bonds is 3. The monoisotopic (exact) mass is 245 g/mol. The normalized spacial score (nSPS) is 9.94. The third kappa shape index (κ3) is 2.40. The summed E-state index contributed by atoms with van der Waals surface area (Å²) in [6, 6.07) is 3.78. The highest BCUT2D eigenvalue weighted by Crippen LogP contribution is 2.19. The van der Waals surface area contributed by atoms with Crippen LogP contribution < -0.4 is 4.90 Å². The van der Waals surface area contributed by atoms with Crippen LogP contribution in [0, 0.1) is 18.3 Å². The Labute approximate surface area is 103 Å². The highest BCUT2D eigenvalue weighted by Gasteiger charge is 2.11. The lowest BCUT2D eigenvalue weighted by atomic mass is 10.3. The predicted molar refractivity (Wildman–Crippen MR) is 65.7 cm³/mol. The number of aryl methyl sites for hydroxylation is 1. The second kappa shape index (κ2) is 4.89. The van der Waals surface area contributed by atoms with Crippen LogP contribution in [0.25, 0.3) is 0 Å². The SMILES string of the molecule is Cc1ncsc1CN(C)c1nnccc1C#N. The molecular weight excluding hydrogens is 234 g/mol. The molecule has 0 radical (unpaired) electrons. The summed E-state index contributed by atoms with van der Waals surface area (Å²) in [5.74, 6) is 0.600. The van der Waals surface area contributed by atoms with Crippen molar-refractivity contribution in [3.63, 3.8) is 0 Å². The van der Waals surface area contributed by atoms with Crippen molar-refractivity contribution >= 4 is 17.2 Å². The molecule has 0 unspecified atom stereocenters. The van der Waals surface area contributed by atoms with Crippen LogP contribution in [0.3, 0.4) is 0 Å². The second-order valence-corrected chi connectivity index (χ2v) is 4.54. The van der Waals surface area contributed by atoms with Crippen LogP contribution in [0.5, 0.6) is 0 Å². The number of hydrogen-bond acceptors (Lipinski definition) is 6. The molecule has 2 rings (SSSR count). The molecule has 0 aliphatic carbocycles. The fraction of sp³-hybridized carbons (Fsp3) is 0.273. The molecule has 0 spiro atoms. The summed E-state index contributed by atoms with van der Waals surface area (Å²) < 4.78 is 0. The Hall–Kier alpha value is -2.00. The zero-order valence-electron chi connectivity index (χ0n) is 9.58. The molecule has 2 heterocycles. The first-order chi connectivity index (χ1) is 8.22. The van der Waals surface area contributed by atoms with Gasteiger partial charge in [0.05, 0.1) is 29.5 Å². The smallest absolute Gasteiger partial charge is 0.169 e. The molecule has 0 saturated carbocycles. The Bertz CT molecular complexity index is 557. The highest BCUT2D eigenvalue weighted by atomic mass is 32.1. The standard InChI is InChI=1S/C11H11N5S/c1-8-10(17-7-13-8)6-16(2)11-9(5-12)3-4-14-15-11/h3-4,7H,6H2,1-2H3. The van der Waals surface area contributed by atoms with E-state index < -0.39 is 0 Å². The Morgan fingerprint density at radius 2 is 2.35 bits per heavy atom. The largest absolute Gasteiger partial charge is 0.352 e. The minimum atomic E-state index is 0.532. The minimum Gasteiger partial charge on any atom is -0.352 e. The quantitative estimate of drug-likeness (QED) is 0.824. The van der Waals surface area contributed by atoms with Crippen LogP contribution in [-0.2, 0) is 6.54 Å². The van der Waals surface area contributed by atoms with Crippen LogP contribution in [0.1, 0.15) is 16.1 Å². The molecule has 2 aromatic heterocycles. The lowest BCUT2D eigenvalue weighted by Gasteiger charge is -2.17. The Kier molecular flexibility index (Phi) is 3.30. The molecule has 5 nitrogen and oxygen atoms in total. The molecular formula is C11H11N5S. The van der Waals surface area contributed by atoms with Crippen LogP contribution in [0.15, 0.2) is 17.8 Å². The van der Waals surface area contributed by atoms with E-state index in [4.69, 9.17) is 5.26 Å². The predicted octanol–water partition coefficient (Wildman–Crippen LogP) is 1.75. The summed E-state index contributed by atoms with van der Waals surface area (Å²) >= 11 is 1.60. The van der Waals surface area contributed by atoms with Gasteiger partial charge in [-0.15, -0.1) is 16.4 Å². The first-order valence-electron chi connectivity index (χ1n) is 5.04. The molecule has 0 aliphatic heterocycles. The van der Waals surface area contributed by atoms with E-state index in [0.29, 0.717) is 17.9 Å². The van der Waals surface area contributed by atoms with Gasteiger partial charge in [0, 0.05) is 11.9 Å². The summed E-state index contributed by atoms with van der Waals surface area (Å²) in [5, 5.41) is 16.8. The number of hydrogen-bond donors (Lipinski definition) is 0. The van der Waals surface area contributed by atoms with Crippen molar-refractivity contribution in [3.05, 3.63) is 33.9 Å². The molecule has 0 aliphatic rings. The van der Waals surface area contributed by atoms with Gasteiger partial charge in [0.2, 0.25) is 0 Å². The van der Waals surface area contributed by atoms with Crippen LogP contribution in [-0.4, -0.2) is 22.2 Å². The summed E-state index contributed by atoms with van der Waals surface area (Å²) in [4.78, 5) is 7.27. The first-order valence-corrected chi connectivity index (χ1v) is 5.92. The van der Waals surface area contributed by atoms with Gasteiger partial charge in [-0.25, -0.2) is 4.98 Å². The maximum Gasteiger partial charge on any atom is 0.169 e. The van der Waals surface area contributed by atoms with Crippen molar-refractivity contribution in [2.24, 2.45) is 0 Å². The molecule has 0 aromatic carbocycles. The number of nitrogens with zero attached hydrogens (tertiary/aromatic N) is 5. The molecule has 0 fully saturated rings. The van der Waals surface area contributed by atoms with E-state index in [9.17, 15) is 0 Å². The van der Waals surface area contributed by atoms with Crippen molar-refractivity contribution in [2.75, 3.05) is 11.9 Å². The van der Waals surface area contributed by atoms with E-state index in [2.05, 4.69) is 21.3 Å². The zero-order valence-corrected chi connectivity index (χ0v) is 10.4. The van der Waals surface area contributed by atoms with Crippen molar-refractivity contribution in [3.8, 4) is 6.07 Å². The van der Waals surface area contributed by atoms with Gasteiger partial charge < -0.3 is 4.90 Å². The summed E-state index contributed by atoms with van der Waals surface area (Å²) in [6.07, 6.45) is 1.52. The lowest BCUT2D eigenvalue weighted by molar-refractivity contribution is 0.865. The maximum absolute atomic E-state index is 8.99. The van der Waals surface area contributed by atoms with E-state index in [1.807, 2.05) is 24.4 Å². The topological polar surface area (TPSA) is 65.7 Å². The fourth-order valence-electron chi connectivity index (χ4n) is 1.46. The van der Waals surface area contributed by atoms with Crippen LogP contribution >= 0.6 is 11.3 Å². The van der Waals surface area contributed by atoms with Gasteiger partial charge in [-0.2, -0.15) is 10.4 Å². The summed E-state index contributed by atoms with van der Waals surface area (Å²) in [7, 11) is 1.89. The van der Waals surface area contributed by atoms with E-state index in [1.165, 1.54) is 11.1 Å². The van der Waals surface area contributed by atoms with E-state index in [1.54, 1.807) is 17.4 Å². The van der Waals surface area contributed by atoms with Crippen molar-refractivity contribution < 1.29 is 0 Å². The minimum absolute atomic E-state index is 0.532.